The molecule has 0 saturated heterocycles. The molecule has 1 aromatic heterocycles. The van der Waals surface area contributed by atoms with Crippen molar-refractivity contribution in [2.75, 3.05) is 6.61 Å². The van der Waals surface area contributed by atoms with Crippen molar-refractivity contribution in [1.82, 2.24) is 9.78 Å². The molecular weight excluding hydrogens is 180 g/mol. The number of ether oxygens (including phenoxy) is 1. The van der Waals surface area contributed by atoms with Crippen molar-refractivity contribution >= 4 is 5.97 Å². The molecule has 0 aromatic carbocycles. The maximum atomic E-state index is 11.6. The molecule has 0 fully saturated rings. The summed E-state index contributed by atoms with van der Waals surface area (Å²) in [7, 11) is 1.82. The normalized spacial score (nSPS) is 11.4. The maximum Gasteiger partial charge on any atom is 0.317 e. The highest BCUT2D eigenvalue weighted by molar-refractivity contribution is 5.81. The van der Waals surface area contributed by atoms with Gasteiger partial charge in [0.15, 0.2) is 0 Å². The van der Waals surface area contributed by atoms with E-state index in [9.17, 15) is 4.79 Å². The van der Waals surface area contributed by atoms with Crippen LogP contribution in [0, 0.1) is 0 Å². The summed E-state index contributed by atoms with van der Waals surface area (Å²) in [5.41, 5.74) is 0.0653. The fraction of sp³-hybridized carbons (Fsp3) is 0.600. The second-order valence-electron chi connectivity index (χ2n) is 3.72. The van der Waals surface area contributed by atoms with Crippen molar-refractivity contribution in [3.05, 3.63) is 18.0 Å². The van der Waals surface area contributed by atoms with Crippen molar-refractivity contribution in [3.8, 4) is 0 Å². The van der Waals surface area contributed by atoms with Gasteiger partial charge in [-0.05, 0) is 26.8 Å². The minimum Gasteiger partial charge on any atom is -0.465 e. The second-order valence-corrected chi connectivity index (χ2v) is 3.72. The molecule has 1 aromatic rings. The first-order valence-corrected chi connectivity index (χ1v) is 4.66. The first-order valence-electron chi connectivity index (χ1n) is 4.66. The van der Waals surface area contributed by atoms with E-state index in [2.05, 4.69) is 5.10 Å². The number of hydrogen-bond acceptors (Lipinski definition) is 3. The standard InChI is InChI=1S/C10H16N2O2/c1-5-14-9(13)10(2,3)8-6-7-12(4)11-8/h6-7H,5H2,1-4H3. The van der Waals surface area contributed by atoms with Crippen LogP contribution in [-0.2, 0) is 22.0 Å². The summed E-state index contributed by atoms with van der Waals surface area (Å²) in [6.45, 7) is 5.82. The Bertz CT molecular complexity index is 329. The summed E-state index contributed by atoms with van der Waals surface area (Å²) in [4.78, 5) is 11.6. The van der Waals surface area contributed by atoms with Gasteiger partial charge in [0, 0.05) is 13.2 Å². The Labute approximate surface area is 83.9 Å². The molecule has 0 aliphatic carbocycles. The van der Waals surface area contributed by atoms with E-state index in [1.807, 2.05) is 33.2 Å². The summed E-state index contributed by atoms with van der Waals surface area (Å²) in [5.74, 6) is -0.237. The van der Waals surface area contributed by atoms with Gasteiger partial charge in [-0.25, -0.2) is 0 Å². The third-order valence-corrected chi connectivity index (χ3v) is 2.14. The van der Waals surface area contributed by atoms with Gasteiger partial charge in [-0.3, -0.25) is 9.48 Å². The zero-order valence-electron chi connectivity index (χ0n) is 9.07. The number of hydrogen-bond donors (Lipinski definition) is 0. The van der Waals surface area contributed by atoms with Gasteiger partial charge in [-0.1, -0.05) is 0 Å². The molecular formula is C10H16N2O2. The fourth-order valence-electron chi connectivity index (χ4n) is 1.16. The van der Waals surface area contributed by atoms with Gasteiger partial charge in [0.1, 0.15) is 5.41 Å². The Balaban J connectivity index is 2.89. The van der Waals surface area contributed by atoms with Crippen LogP contribution in [0.4, 0.5) is 0 Å². The number of rotatable bonds is 3. The highest BCUT2D eigenvalue weighted by atomic mass is 16.5. The maximum absolute atomic E-state index is 11.6. The number of nitrogens with zero attached hydrogens (tertiary/aromatic N) is 2. The van der Waals surface area contributed by atoms with E-state index in [1.165, 1.54) is 0 Å². The third kappa shape index (κ3) is 1.95. The van der Waals surface area contributed by atoms with E-state index in [-0.39, 0.29) is 5.97 Å². The van der Waals surface area contributed by atoms with Gasteiger partial charge < -0.3 is 4.74 Å². The molecule has 0 N–H and O–H groups in total. The lowest BCUT2D eigenvalue weighted by atomic mass is 9.90. The molecule has 0 bridgehead atoms. The summed E-state index contributed by atoms with van der Waals surface area (Å²) in [6.07, 6.45) is 1.82. The molecule has 0 radical (unpaired) electrons. The number of carbonyl (C=O) groups is 1. The van der Waals surface area contributed by atoms with E-state index in [0.717, 1.165) is 5.69 Å². The van der Waals surface area contributed by atoms with Crippen LogP contribution in [0.25, 0.3) is 0 Å². The van der Waals surface area contributed by atoms with Gasteiger partial charge in [0.2, 0.25) is 0 Å². The second kappa shape index (κ2) is 3.82. The smallest absolute Gasteiger partial charge is 0.317 e. The largest absolute Gasteiger partial charge is 0.465 e. The van der Waals surface area contributed by atoms with Crippen LogP contribution in [-0.4, -0.2) is 22.4 Å². The van der Waals surface area contributed by atoms with Crippen molar-refractivity contribution in [1.29, 1.82) is 0 Å². The highest BCUT2D eigenvalue weighted by Crippen LogP contribution is 2.22. The average molecular weight is 196 g/mol. The molecule has 0 amide bonds. The van der Waals surface area contributed by atoms with E-state index in [4.69, 9.17) is 4.74 Å². The summed E-state index contributed by atoms with van der Waals surface area (Å²) in [6, 6.07) is 1.83. The zero-order chi connectivity index (χ0) is 10.8. The van der Waals surface area contributed by atoms with E-state index in [1.54, 1.807) is 11.6 Å². The third-order valence-electron chi connectivity index (χ3n) is 2.14. The molecule has 0 atom stereocenters. The lowest BCUT2D eigenvalue weighted by Gasteiger charge is -2.19. The fourth-order valence-corrected chi connectivity index (χ4v) is 1.16. The van der Waals surface area contributed by atoms with E-state index in [0.29, 0.717) is 6.61 Å². The van der Waals surface area contributed by atoms with E-state index >= 15 is 0 Å². The number of aromatic nitrogens is 2. The molecule has 0 unspecified atom stereocenters. The first kappa shape index (κ1) is 10.8. The van der Waals surface area contributed by atoms with Gasteiger partial charge >= 0.3 is 5.97 Å². The molecule has 14 heavy (non-hydrogen) atoms. The van der Waals surface area contributed by atoms with Crippen LogP contribution in [0.15, 0.2) is 12.3 Å². The summed E-state index contributed by atoms with van der Waals surface area (Å²) in [5, 5.41) is 4.20. The molecule has 0 aliphatic heterocycles. The van der Waals surface area contributed by atoms with Crippen molar-refractivity contribution in [2.45, 2.75) is 26.2 Å². The van der Waals surface area contributed by atoms with Gasteiger partial charge in [0.25, 0.3) is 0 Å². The van der Waals surface area contributed by atoms with Gasteiger partial charge in [0.05, 0.1) is 12.3 Å². The highest BCUT2D eigenvalue weighted by Gasteiger charge is 2.33. The molecule has 0 saturated carbocycles. The van der Waals surface area contributed by atoms with Gasteiger partial charge in [-0.2, -0.15) is 5.10 Å². The Kier molecular flexibility index (Phi) is 2.93. The molecule has 4 nitrogen and oxygen atoms in total. The molecule has 4 heteroatoms. The molecule has 1 heterocycles. The van der Waals surface area contributed by atoms with Crippen LogP contribution in [0.1, 0.15) is 26.5 Å². The van der Waals surface area contributed by atoms with Crippen molar-refractivity contribution < 1.29 is 9.53 Å². The van der Waals surface area contributed by atoms with E-state index < -0.39 is 5.41 Å². The predicted molar refractivity (Wildman–Crippen MR) is 52.9 cm³/mol. The van der Waals surface area contributed by atoms with Crippen LogP contribution in [0.3, 0.4) is 0 Å². The first-order chi connectivity index (χ1) is 6.48. The molecule has 78 valence electrons. The lowest BCUT2D eigenvalue weighted by Crippen LogP contribution is -2.31. The Hall–Kier alpha value is -1.32. The Morgan fingerprint density at radius 1 is 1.64 bits per heavy atom. The quantitative estimate of drug-likeness (QED) is 0.684. The monoisotopic (exact) mass is 196 g/mol. The predicted octanol–water partition coefficient (Wildman–Crippen LogP) is 1.26. The molecule has 0 spiro atoms. The summed E-state index contributed by atoms with van der Waals surface area (Å²) >= 11 is 0. The topological polar surface area (TPSA) is 44.1 Å². The number of carbonyl (C=O) groups excluding carboxylic acids is 1. The van der Waals surface area contributed by atoms with Crippen LogP contribution in [0.5, 0.6) is 0 Å². The molecule has 0 aliphatic rings. The summed E-state index contributed by atoms with van der Waals surface area (Å²) < 4.78 is 6.66. The lowest BCUT2D eigenvalue weighted by molar-refractivity contribution is -0.148. The minimum absolute atomic E-state index is 0.237. The average Bonchev–Trinajstić information content (AvgIpc) is 2.52. The van der Waals surface area contributed by atoms with Gasteiger partial charge in [-0.15, -0.1) is 0 Å². The van der Waals surface area contributed by atoms with Crippen LogP contribution >= 0.6 is 0 Å². The Morgan fingerprint density at radius 2 is 2.29 bits per heavy atom. The Morgan fingerprint density at radius 3 is 2.71 bits per heavy atom. The van der Waals surface area contributed by atoms with Crippen molar-refractivity contribution in [3.63, 3.8) is 0 Å². The number of aryl methyl sites for hydroxylation is 1. The number of esters is 1. The minimum atomic E-state index is -0.669. The SMILES string of the molecule is CCOC(=O)C(C)(C)c1ccn(C)n1. The van der Waals surface area contributed by atoms with Crippen LogP contribution < -0.4 is 0 Å². The molecule has 1 rings (SSSR count). The zero-order valence-corrected chi connectivity index (χ0v) is 9.07. The van der Waals surface area contributed by atoms with Crippen molar-refractivity contribution in [2.24, 2.45) is 7.05 Å². The van der Waals surface area contributed by atoms with Crippen LogP contribution in [0.2, 0.25) is 0 Å².